The molecule has 0 bridgehead atoms. The summed E-state index contributed by atoms with van der Waals surface area (Å²) in [5.74, 6) is 1.49. The molecule has 0 aliphatic rings. The number of halogens is 1. The van der Waals surface area contributed by atoms with Crippen LogP contribution in [0.25, 0.3) is 0 Å². The molecule has 0 fully saturated rings. The summed E-state index contributed by atoms with van der Waals surface area (Å²) in [4.78, 5) is 10.5. The van der Waals surface area contributed by atoms with Crippen molar-refractivity contribution in [2.75, 3.05) is 17.8 Å². The molecule has 0 saturated heterocycles. The van der Waals surface area contributed by atoms with Gasteiger partial charge in [-0.1, -0.05) is 6.92 Å². The molecule has 3 nitrogen and oxygen atoms in total. The first-order valence-corrected chi connectivity index (χ1v) is 5.65. The van der Waals surface area contributed by atoms with Crippen LogP contribution in [0.4, 0.5) is 5.82 Å². The van der Waals surface area contributed by atoms with Crippen LogP contribution in [-0.4, -0.2) is 28.4 Å². The van der Waals surface area contributed by atoms with Gasteiger partial charge in [-0.2, -0.15) is 0 Å². The fourth-order valence-electron chi connectivity index (χ4n) is 1.16. The highest BCUT2D eigenvalue weighted by Crippen LogP contribution is 2.21. The summed E-state index contributed by atoms with van der Waals surface area (Å²) in [6.45, 7) is 6.26. The van der Waals surface area contributed by atoms with E-state index in [-0.39, 0.29) is 5.54 Å². The van der Waals surface area contributed by atoms with Gasteiger partial charge in [0.1, 0.15) is 12.1 Å². The Morgan fingerprint density at radius 1 is 1.40 bits per heavy atom. The van der Waals surface area contributed by atoms with Crippen LogP contribution in [0.3, 0.4) is 0 Å². The van der Waals surface area contributed by atoms with Crippen molar-refractivity contribution in [1.82, 2.24) is 9.97 Å². The Labute approximate surface area is 96.5 Å². The fraction of sp³-hybridized carbons (Fsp3) is 0.636. The van der Waals surface area contributed by atoms with Gasteiger partial charge in [-0.15, -0.1) is 11.6 Å². The molecule has 15 heavy (non-hydrogen) atoms. The number of aryl methyl sites for hydroxylation is 1. The first-order valence-electron chi connectivity index (χ1n) is 5.12. The van der Waals surface area contributed by atoms with Crippen molar-refractivity contribution in [2.24, 2.45) is 0 Å². The summed E-state index contributed by atoms with van der Waals surface area (Å²) in [6, 6.07) is 2.01. The summed E-state index contributed by atoms with van der Waals surface area (Å²) < 4.78 is 0. The smallest absolute Gasteiger partial charge is 0.132 e. The lowest BCUT2D eigenvalue weighted by Gasteiger charge is -2.34. The number of aromatic nitrogens is 2. The largest absolute Gasteiger partial charge is 0.353 e. The van der Waals surface area contributed by atoms with Crippen LogP contribution < -0.4 is 4.90 Å². The van der Waals surface area contributed by atoms with Crippen LogP contribution in [0, 0.1) is 0 Å². The Kier molecular flexibility index (Phi) is 3.91. The number of hydrogen-bond donors (Lipinski definition) is 0. The predicted molar refractivity (Wildman–Crippen MR) is 64.6 cm³/mol. The molecule has 84 valence electrons. The molecule has 0 spiro atoms. The maximum absolute atomic E-state index is 5.93. The molecular formula is C11H18ClN3. The molecule has 0 amide bonds. The molecule has 0 saturated carbocycles. The van der Waals surface area contributed by atoms with Gasteiger partial charge in [0.2, 0.25) is 0 Å². The van der Waals surface area contributed by atoms with Crippen LogP contribution in [0.15, 0.2) is 12.4 Å². The Balaban J connectivity index is 2.95. The lowest BCUT2D eigenvalue weighted by atomic mass is 10.1. The third kappa shape index (κ3) is 2.81. The molecule has 1 aromatic heterocycles. The summed E-state index contributed by atoms with van der Waals surface area (Å²) in [6.07, 6.45) is 2.53. The lowest BCUT2D eigenvalue weighted by molar-refractivity contribution is 0.539. The Morgan fingerprint density at radius 2 is 2.07 bits per heavy atom. The highest BCUT2D eigenvalue weighted by atomic mass is 35.5. The average Bonchev–Trinajstić information content (AvgIpc) is 2.28. The second-order valence-electron chi connectivity index (χ2n) is 4.23. The normalized spacial score (nSPS) is 11.5. The first kappa shape index (κ1) is 12.2. The molecule has 0 N–H and O–H groups in total. The van der Waals surface area contributed by atoms with Crippen molar-refractivity contribution in [1.29, 1.82) is 0 Å². The lowest BCUT2D eigenvalue weighted by Crippen LogP contribution is -2.43. The summed E-state index contributed by atoms with van der Waals surface area (Å²) in [5.41, 5.74) is 0.957. The van der Waals surface area contributed by atoms with Gasteiger partial charge in [0.15, 0.2) is 0 Å². The van der Waals surface area contributed by atoms with Crippen LogP contribution in [0.1, 0.15) is 26.5 Å². The number of alkyl halides is 1. The van der Waals surface area contributed by atoms with Gasteiger partial charge < -0.3 is 4.90 Å². The summed E-state index contributed by atoms with van der Waals surface area (Å²) in [5, 5.41) is 0. The van der Waals surface area contributed by atoms with E-state index in [1.807, 2.05) is 13.1 Å². The van der Waals surface area contributed by atoms with Crippen LogP contribution in [-0.2, 0) is 6.42 Å². The first-order chi connectivity index (χ1) is 7.01. The van der Waals surface area contributed by atoms with Gasteiger partial charge in [-0.25, -0.2) is 9.97 Å². The van der Waals surface area contributed by atoms with E-state index in [0.717, 1.165) is 17.9 Å². The standard InChI is InChI=1S/C11H18ClN3/c1-5-9-6-10(14-8-13-9)15(4)11(2,3)7-12/h6,8H,5,7H2,1-4H3. The predicted octanol–water partition coefficient (Wildman–Crippen LogP) is 2.49. The maximum atomic E-state index is 5.93. The van der Waals surface area contributed by atoms with Crippen molar-refractivity contribution < 1.29 is 0 Å². The van der Waals surface area contributed by atoms with Crippen LogP contribution >= 0.6 is 11.6 Å². The molecule has 0 aliphatic heterocycles. The molecule has 0 atom stereocenters. The van der Waals surface area contributed by atoms with Crippen molar-refractivity contribution in [3.63, 3.8) is 0 Å². The van der Waals surface area contributed by atoms with Crippen molar-refractivity contribution in [2.45, 2.75) is 32.7 Å². The SMILES string of the molecule is CCc1cc(N(C)C(C)(C)CCl)ncn1. The van der Waals surface area contributed by atoms with Crippen molar-refractivity contribution >= 4 is 17.4 Å². The van der Waals surface area contributed by atoms with E-state index < -0.39 is 0 Å². The Hall–Kier alpha value is -0.830. The van der Waals surface area contributed by atoms with Gasteiger partial charge in [0.05, 0.1) is 0 Å². The molecule has 0 aromatic carbocycles. The van der Waals surface area contributed by atoms with E-state index >= 15 is 0 Å². The molecule has 1 heterocycles. The van der Waals surface area contributed by atoms with E-state index in [1.54, 1.807) is 6.33 Å². The maximum Gasteiger partial charge on any atom is 0.132 e. The second kappa shape index (κ2) is 4.79. The minimum atomic E-state index is -0.0963. The zero-order chi connectivity index (χ0) is 11.5. The van der Waals surface area contributed by atoms with E-state index in [9.17, 15) is 0 Å². The van der Waals surface area contributed by atoms with Crippen LogP contribution in [0.5, 0.6) is 0 Å². The number of anilines is 1. The Bertz CT molecular complexity index is 325. The number of hydrogen-bond acceptors (Lipinski definition) is 3. The van der Waals surface area contributed by atoms with Crippen LogP contribution in [0.2, 0.25) is 0 Å². The molecule has 1 aromatic rings. The fourth-order valence-corrected chi connectivity index (χ4v) is 1.34. The number of rotatable bonds is 4. The van der Waals surface area contributed by atoms with Gasteiger partial charge in [0.25, 0.3) is 0 Å². The van der Waals surface area contributed by atoms with Gasteiger partial charge >= 0.3 is 0 Å². The Morgan fingerprint density at radius 3 is 2.60 bits per heavy atom. The molecule has 1 rings (SSSR count). The van der Waals surface area contributed by atoms with E-state index in [1.165, 1.54) is 0 Å². The summed E-state index contributed by atoms with van der Waals surface area (Å²) >= 11 is 5.93. The third-order valence-electron chi connectivity index (χ3n) is 2.65. The second-order valence-corrected chi connectivity index (χ2v) is 4.49. The van der Waals surface area contributed by atoms with E-state index in [4.69, 9.17) is 11.6 Å². The quantitative estimate of drug-likeness (QED) is 0.741. The van der Waals surface area contributed by atoms with Gasteiger partial charge in [-0.3, -0.25) is 0 Å². The van der Waals surface area contributed by atoms with Gasteiger partial charge in [-0.05, 0) is 20.3 Å². The summed E-state index contributed by atoms with van der Waals surface area (Å²) in [7, 11) is 2.00. The highest BCUT2D eigenvalue weighted by molar-refractivity contribution is 6.18. The van der Waals surface area contributed by atoms with Crippen molar-refractivity contribution in [3.8, 4) is 0 Å². The van der Waals surface area contributed by atoms with E-state index in [2.05, 4.69) is 35.6 Å². The number of nitrogens with zero attached hydrogens (tertiary/aromatic N) is 3. The van der Waals surface area contributed by atoms with Crippen molar-refractivity contribution in [3.05, 3.63) is 18.1 Å². The molecule has 0 aliphatic carbocycles. The molecule has 4 heteroatoms. The topological polar surface area (TPSA) is 29.0 Å². The molecular weight excluding hydrogens is 210 g/mol. The zero-order valence-electron chi connectivity index (χ0n) is 9.79. The highest BCUT2D eigenvalue weighted by Gasteiger charge is 2.23. The third-order valence-corrected chi connectivity index (χ3v) is 3.30. The van der Waals surface area contributed by atoms with Gasteiger partial charge in [0, 0.05) is 30.2 Å². The monoisotopic (exact) mass is 227 g/mol. The van der Waals surface area contributed by atoms with E-state index in [0.29, 0.717) is 5.88 Å². The average molecular weight is 228 g/mol. The minimum absolute atomic E-state index is 0.0963. The minimum Gasteiger partial charge on any atom is -0.353 e. The zero-order valence-corrected chi connectivity index (χ0v) is 10.5. The molecule has 0 radical (unpaired) electrons. The molecule has 0 unspecified atom stereocenters.